The highest BCUT2D eigenvalue weighted by molar-refractivity contribution is 5.27. The molecule has 20 heavy (non-hydrogen) atoms. The Kier molecular flexibility index (Phi) is 5.36. The van der Waals surface area contributed by atoms with Gasteiger partial charge in [0.2, 0.25) is 0 Å². The van der Waals surface area contributed by atoms with E-state index in [4.69, 9.17) is 0 Å². The fraction of sp³-hybridized carbons (Fsp3) is 0.471. The van der Waals surface area contributed by atoms with Crippen molar-refractivity contribution >= 4 is 0 Å². The monoisotopic (exact) mass is 271 g/mol. The highest BCUT2D eigenvalue weighted by Gasteiger charge is 2.06. The summed E-state index contributed by atoms with van der Waals surface area (Å²) in [5.41, 5.74) is 2.74. The van der Waals surface area contributed by atoms with E-state index in [-0.39, 0.29) is 0 Å². The SMILES string of the molecule is CCCc1nccn1Cc1ccccc1CNC(C)C. The van der Waals surface area contributed by atoms with Crippen molar-refractivity contribution in [3.05, 3.63) is 53.6 Å². The van der Waals surface area contributed by atoms with Gasteiger partial charge in [0.1, 0.15) is 5.82 Å². The van der Waals surface area contributed by atoms with Crippen LogP contribution in [0.3, 0.4) is 0 Å². The lowest BCUT2D eigenvalue weighted by Crippen LogP contribution is -2.22. The Morgan fingerprint density at radius 1 is 1.20 bits per heavy atom. The maximum atomic E-state index is 4.45. The Morgan fingerprint density at radius 2 is 1.95 bits per heavy atom. The zero-order valence-corrected chi connectivity index (χ0v) is 12.8. The maximum Gasteiger partial charge on any atom is 0.108 e. The fourth-order valence-electron chi connectivity index (χ4n) is 2.32. The molecule has 0 aliphatic carbocycles. The molecule has 0 spiro atoms. The molecular formula is C17H25N3. The second kappa shape index (κ2) is 7.25. The first-order valence-corrected chi connectivity index (χ1v) is 7.51. The molecule has 1 aromatic heterocycles. The number of benzene rings is 1. The van der Waals surface area contributed by atoms with Gasteiger partial charge in [-0.1, -0.05) is 45.0 Å². The van der Waals surface area contributed by atoms with E-state index in [0.717, 1.165) is 25.9 Å². The summed E-state index contributed by atoms with van der Waals surface area (Å²) in [6, 6.07) is 9.16. The van der Waals surface area contributed by atoms with Crippen LogP contribution in [-0.4, -0.2) is 15.6 Å². The summed E-state index contributed by atoms with van der Waals surface area (Å²) in [5.74, 6) is 1.18. The molecule has 0 amide bonds. The summed E-state index contributed by atoms with van der Waals surface area (Å²) >= 11 is 0. The third-order valence-corrected chi connectivity index (χ3v) is 3.44. The van der Waals surface area contributed by atoms with E-state index in [1.54, 1.807) is 0 Å². The molecule has 1 heterocycles. The third-order valence-electron chi connectivity index (χ3n) is 3.44. The molecule has 108 valence electrons. The van der Waals surface area contributed by atoms with E-state index in [9.17, 15) is 0 Å². The molecule has 3 heteroatoms. The number of hydrogen-bond donors (Lipinski definition) is 1. The average molecular weight is 271 g/mol. The van der Waals surface area contributed by atoms with Crippen LogP contribution in [0.15, 0.2) is 36.7 Å². The van der Waals surface area contributed by atoms with Crippen LogP contribution in [0.1, 0.15) is 44.1 Å². The summed E-state index contributed by atoms with van der Waals surface area (Å²) in [4.78, 5) is 4.45. The summed E-state index contributed by atoms with van der Waals surface area (Å²) in [7, 11) is 0. The van der Waals surface area contributed by atoms with Crippen LogP contribution in [0.4, 0.5) is 0 Å². The van der Waals surface area contributed by atoms with Crippen molar-refractivity contribution < 1.29 is 0 Å². The topological polar surface area (TPSA) is 29.9 Å². The predicted octanol–water partition coefficient (Wildman–Crippen LogP) is 3.38. The van der Waals surface area contributed by atoms with Crippen molar-refractivity contribution in [3.63, 3.8) is 0 Å². The minimum absolute atomic E-state index is 0.506. The second-order valence-corrected chi connectivity index (χ2v) is 5.53. The molecular weight excluding hydrogens is 246 g/mol. The number of nitrogens with zero attached hydrogens (tertiary/aromatic N) is 2. The van der Waals surface area contributed by atoms with Gasteiger partial charge in [-0.25, -0.2) is 4.98 Å². The molecule has 0 bridgehead atoms. The highest BCUT2D eigenvalue weighted by Crippen LogP contribution is 2.13. The first-order chi connectivity index (χ1) is 9.70. The van der Waals surface area contributed by atoms with E-state index in [0.29, 0.717) is 6.04 Å². The fourth-order valence-corrected chi connectivity index (χ4v) is 2.32. The first-order valence-electron chi connectivity index (χ1n) is 7.51. The molecule has 0 atom stereocenters. The largest absolute Gasteiger partial charge is 0.331 e. The Bertz CT molecular complexity index is 529. The Hall–Kier alpha value is -1.61. The van der Waals surface area contributed by atoms with Crippen LogP contribution >= 0.6 is 0 Å². The van der Waals surface area contributed by atoms with E-state index < -0.39 is 0 Å². The molecule has 0 saturated heterocycles. The second-order valence-electron chi connectivity index (χ2n) is 5.53. The molecule has 0 unspecified atom stereocenters. The zero-order valence-electron chi connectivity index (χ0n) is 12.8. The van der Waals surface area contributed by atoms with Gasteiger partial charge in [0.25, 0.3) is 0 Å². The molecule has 0 saturated carbocycles. The van der Waals surface area contributed by atoms with Gasteiger partial charge in [0.05, 0.1) is 0 Å². The van der Waals surface area contributed by atoms with Crippen molar-refractivity contribution in [2.45, 2.75) is 52.7 Å². The van der Waals surface area contributed by atoms with Gasteiger partial charge < -0.3 is 9.88 Å². The summed E-state index contributed by atoms with van der Waals surface area (Å²) in [6.07, 6.45) is 6.16. The Morgan fingerprint density at radius 3 is 2.65 bits per heavy atom. The molecule has 1 N–H and O–H groups in total. The normalized spacial score (nSPS) is 11.2. The lowest BCUT2D eigenvalue weighted by Gasteiger charge is -2.14. The highest BCUT2D eigenvalue weighted by atomic mass is 15.1. The van der Waals surface area contributed by atoms with Gasteiger partial charge >= 0.3 is 0 Å². The minimum atomic E-state index is 0.506. The number of aryl methyl sites for hydroxylation is 1. The number of nitrogens with one attached hydrogen (secondary N) is 1. The molecule has 2 rings (SSSR count). The van der Waals surface area contributed by atoms with E-state index in [1.165, 1.54) is 17.0 Å². The lowest BCUT2D eigenvalue weighted by atomic mass is 10.1. The molecule has 2 aromatic rings. The minimum Gasteiger partial charge on any atom is -0.331 e. The summed E-state index contributed by atoms with van der Waals surface area (Å²) < 4.78 is 2.26. The van der Waals surface area contributed by atoms with E-state index in [1.807, 2.05) is 6.20 Å². The van der Waals surface area contributed by atoms with Gasteiger partial charge in [0, 0.05) is 37.9 Å². The van der Waals surface area contributed by atoms with Gasteiger partial charge in [-0.2, -0.15) is 0 Å². The van der Waals surface area contributed by atoms with Crippen molar-refractivity contribution in [2.75, 3.05) is 0 Å². The van der Waals surface area contributed by atoms with E-state index >= 15 is 0 Å². The number of imidazole rings is 1. The van der Waals surface area contributed by atoms with Crippen molar-refractivity contribution in [1.29, 1.82) is 0 Å². The van der Waals surface area contributed by atoms with Crippen molar-refractivity contribution in [1.82, 2.24) is 14.9 Å². The summed E-state index contributed by atoms with van der Waals surface area (Å²) in [5, 5.41) is 3.50. The Balaban J connectivity index is 2.14. The molecule has 3 nitrogen and oxygen atoms in total. The lowest BCUT2D eigenvalue weighted by molar-refractivity contribution is 0.583. The van der Waals surface area contributed by atoms with Gasteiger partial charge in [-0.05, 0) is 17.5 Å². The van der Waals surface area contributed by atoms with Crippen LogP contribution in [0, 0.1) is 0 Å². The number of hydrogen-bond acceptors (Lipinski definition) is 2. The van der Waals surface area contributed by atoms with E-state index in [2.05, 4.69) is 66.1 Å². The summed E-state index contributed by atoms with van der Waals surface area (Å²) in [6.45, 7) is 8.38. The van der Waals surface area contributed by atoms with Gasteiger partial charge in [0.15, 0.2) is 0 Å². The van der Waals surface area contributed by atoms with Crippen LogP contribution in [0.25, 0.3) is 0 Å². The van der Waals surface area contributed by atoms with Crippen LogP contribution < -0.4 is 5.32 Å². The third kappa shape index (κ3) is 3.94. The number of rotatable bonds is 7. The average Bonchev–Trinajstić information content (AvgIpc) is 2.85. The molecule has 1 aromatic carbocycles. The van der Waals surface area contributed by atoms with Crippen molar-refractivity contribution in [3.8, 4) is 0 Å². The standard InChI is InChI=1S/C17H25N3/c1-4-7-17-18-10-11-20(17)13-16-9-6-5-8-15(16)12-19-14(2)3/h5-6,8-11,14,19H,4,7,12-13H2,1-3H3. The predicted molar refractivity (Wildman–Crippen MR) is 83.7 cm³/mol. The zero-order chi connectivity index (χ0) is 14.4. The molecule has 0 aliphatic heterocycles. The van der Waals surface area contributed by atoms with Crippen LogP contribution in [-0.2, 0) is 19.5 Å². The van der Waals surface area contributed by atoms with Crippen LogP contribution in [0.2, 0.25) is 0 Å². The first kappa shape index (κ1) is 14.8. The van der Waals surface area contributed by atoms with Gasteiger partial charge in [-0.3, -0.25) is 0 Å². The molecule has 0 fully saturated rings. The van der Waals surface area contributed by atoms with Crippen molar-refractivity contribution in [2.24, 2.45) is 0 Å². The number of aromatic nitrogens is 2. The maximum absolute atomic E-state index is 4.45. The Labute approximate surface area is 122 Å². The van der Waals surface area contributed by atoms with Crippen LogP contribution in [0.5, 0.6) is 0 Å². The quantitative estimate of drug-likeness (QED) is 0.836. The molecule has 0 aliphatic rings. The molecule has 0 radical (unpaired) electrons. The van der Waals surface area contributed by atoms with Gasteiger partial charge in [-0.15, -0.1) is 0 Å². The smallest absolute Gasteiger partial charge is 0.108 e.